The van der Waals surface area contributed by atoms with Crippen molar-refractivity contribution >= 4 is 11.8 Å². The third-order valence-corrected chi connectivity index (χ3v) is 7.00. The van der Waals surface area contributed by atoms with Gasteiger partial charge in [-0.2, -0.15) is 0 Å². The molecule has 0 aromatic carbocycles. The molecule has 5 saturated carbocycles. The van der Waals surface area contributed by atoms with Crippen molar-refractivity contribution in [3.8, 4) is 0 Å². The van der Waals surface area contributed by atoms with Crippen molar-refractivity contribution in [1.82, 2.24) is 10.6 Å². The standard InChI is InChI=1S/C21H34N2O3/c24-19(22-5-1-7-26-14-15-2-3-15)4-6-23-20(25)21-11-16-8-17(12-21)10-18(9-16)13-21/h15-18H,1-14H2,(H,22,24)(H,23,25). The highest BCUT2D eigenvalue weighted by molar-refractivity contribution is 5.84. The Morgan fingerprint density at radius 3 is 2.19 bits per heavy atom. The van der Waals surface area contributed by atoms with Crippen LogP contribution in [0.2, 0.25) is 0 Å². The van der Waals surface area contributed by atoms with Gasteiger partial charge >= 0.3 is 0 Å². The van der Waals surface area contributed by atoms with Crippen LogP contribution >= 0.6 is 0 Å². The van der Waals surface area contributed by atoms with Gasteiger partial charge in [-0.1, -0.05) is 0 Å². The maximum absolute atomic E-state index is 12.8. The molecule has 2 amide bonds. The summed E-state index contributed by atoms with van der Waals surface area (Å²) in [5.74, 6) is 3.37. The molecule has 0 saturated heterocycles. The van der Waals surface area contributed by atoms with Crippen LogP contribution in [0.15, 0.2) is 0 Å². The summed E-state index contributed by atoms with van der Waals surface area (Å²) >= 11 is 0. The first kappa shape index (κ1) is 18.3. The molecule has 5 heteroatoms. The van der Waals surface area contributed by atoms with Gasteiger partial charge in [-0.15, -0.1) is 0 Å². The van der Waals surface area contributed by atoms with Crippen LogP contribution in [0.25, 0.3) is 0 Å². The summed E-state index contributed by atoms with van der Waals surface area (Å²) < 4.78 is 5.56. The Kier molecular flexibility index (Phi) is 5.53. The van der Waals surface area contributed by atoms with E-state index in [-0.39, 0.29) is 17.2 Å². The van der Waals surface area contributed by atoms with E-state index in [2.05, 4.69) is 10.6 Å². The monoisotopic (exact) mass is 362 g/mol. The molecule has 5 rings (SSSR count). The molecular weight excluding hydrogens is 328 g/mol. The Hall–Kier alpha value is -1.10. The highest BCUT2D eigenvalue weighted by Crippen LogP contribution is 2.60. The van der Waals surface area contributed by atoms with E-state index in [0.717, 1.165) is 62.6 Å². The van der Waals surface area contributed by atoms with Gasteiger partial charge in [-0.25, -0.2) is 0 Å². The predicted octanol–water partition coefficient (Wildman–Crippen LogP) is 2.64. The van der Waals surface area contributed by atoms with Crippen molar-refractivity contribution in [3.63, 3.8) is 0 Å². The molecule has 4 bridgehead atoms. The van der Waals surface area contributed by atoms with Crippen molar-refractivity contribution in [3.05, 3.63) is 0 Å². The van der Waals surface area contributed by atoms with Gasteiger partial charge in [0.05, 0.1) is 0 Å². The van der Waals surface area contributed by atoms with Gasteiger partial charge in [-0.05, 0) is 81.5 Å². The van der Waals surface area contributed by atoms with Crippen molar-refractivity contribution in [2.24, 2.45) is 29.1 Å². The van der Waals surface area contributed by atoms with Crippen LogP contribution in [0.5, 0.6) is 0 Å². The van der Waals surface area contributed by atoms with Crippen LogP contribution < -0.4 is 10.6 Å². The van der Waals surface area contributed by atoms with Gasteiger partial charge in [0.1, 0.15) is 0 Å². The minimum atomic E-state index is -0.107. The molecule has 0 aromatic heterocycles. The average molecular weight is 363 g/mol. The summed E-state index contributed by atoms with van der Waals surface area (Å²) in [7, 11) is 0. The first-order valence-electron chi connectivity index (χ1n) is 10.8. The van der Waals surface area contributed by atoms with Crippen LogP contribution in [0.1, 0.15) is 64.2 Å². The SMILES string of the molecule is O=C(CCNC(=O)C12CC3CC(CC(C3)C1)C2)NCCCOCC1CC1. The van der Waals surface area contributed by atoms with Gasteiger partial charge < -0.3 is 15.4 Å². The third-order valence-electron chi connectivity index (χ3n) is 7.00. The molecule has 0 radical (unpaired) electrons. The first-order chi connectivity index (χ1) is 12.6. The summed E-state index contributed by atoms with van der Waals surface area (Å²) in [6, 6.07) is 0. The van der Waals surface area contributed by atoms with E-state index < -0.39 is 0 Å². The first-order valence-corrected chi connectivity index (χ1v) is 10.8. The Bertz CT molecular complexity index is 494. The highest BCUT2D eigenvalue weighted by Gasteiger charge is 2.54. The van der Waals surface area contributed by atoms with Gasteiger partial charge in [-0.3, -0.25) is 9.59 Å². The largest absolute Gasteiger partial charge is 0.381 e. The molecular formula is C21H34N2O3. The number of ether oxygens (including phenoxy) is 1. The second-order valence-corrected chi connectivity index (χ2v) is 9.43. The van der Waals surface area contributed by atoms with Crippen molar-refractivity contribution in [2.45, 2.75) is 64.2 Å². The minimum Gasteiger partial charge on any atom is -0.381 e. The normalized spacial score (nSPS) is 34.7. The fraction of sp³-hybridized carbons (Fsp3) is 0.905. The van der Waals surface area contributed by atoms with Crippen molar-refractivity contribution < 1.29 is 14.3 Å². The van der Waals surface area contributed by atoms with Gasteiger partial charge in [0, 0.05) is 38.1 Å². The van der Waals surface area contributed by atoms with Crippen LogP contribution in [0.4, 0.5) is 0 Å². The lowest BCUT2D eigenvalue weighted by molar-refractivity contribution is -0.146. The van der Waals surface area contributed by atoms with Gasteiger partial charge in [0.25, 0.3) is 0 Å². The van der Waals surface area contributed by atoms with E-state index in [1.165, 1.54) is 32.1 Å². The summed E-state index contributed by atoms with van der Waals surface area (Å²) in [4.78, 5) is 24.7. The van der Waals surface area contributed by atoms with E-state index in [1.807, 2.05) is 0 Å². The molecule has 5 aliphatic rings. The molecule has 0 heterocycles. The van der Waals surface area contributed by atoms with E-state index in [1.54, 1.807) is 0 Å². The fourth-order valence-electron chi connectivity index (χ4n) is 5.89. The minimum absolute atomic E-state index is 0.0259. The summed E-state index contributed by atoms with van der Waals surface area (Å²) in [5, 5.41) is 6.00. The van der Waals surface area contributed by atoms with E-state index in [9.17, 15) is 9.59 Å². The van der Waals surface area contributed by atoms with Gasteiger partial charge in [0.15, 0.2) is 0 Å². The molecule has 0 spiro atoms. The zero-order valence-electron chi connectivity index (χ0n) is 15.9. The number of hydrogen-bond acceptors (Lipinski definition) is 3. The molecule has 5 nitrogen and oxygen atoms in total. The molecule has 146 valence electrons. The molecule has 2 N–H and O–H groups in total. The number of nitrogens with one attached hydrogen (secondary N) is 2. The number of carbonyl (C=O) groups excluding carboxylic acids is 2. The van der Waals surface area contributed by atoms with Crippen LogP contribution in [0, 0.1) is 29.1 Å². The van der Waals surface area contributed by atoms with Crippen LogP contribution in [-0.4, -0.2) is 38.1 Å². The Labute approximate surface area is 157 Å². The Morgan fingerprint density at radius 1 is 0.923 bits per heavy atom. The molecule has 5 fully saturated rings. The Morgan fingerprint density at radius 2 is 1.58 bits per heavy atom. The average Bonchev–Trinajstić information content (AvgIpc) is 3.41. The second-order valence-electron chi connectivity index (χ2n) is 9.43. The number of rotatable bonds is 10. The lowest BCUT2D eigenvalue weighted by Crippen LogP contribution is -2.53. The lowest BCUT2D eigenvalue weighted by Gasteiger charge is -2.55. The Balaban J connectivity index is 1.09. The third kappa shape index (κ3) is 4.41. The second kappa shape index (κ2) is 7.87. The maximum Gasteiger partial charge on any atom is 0.226 e. The van der Waals surface area contributed by atoms with Gasteiger partial charge in [0.2, 0.25) is 11.8 Å². The molecule has 0 aromatic rings. The molecule has 5 aliphatic carbocycles. The number of carbonyl (C=O) groups is 2. The smallest absolute Gasteiger partial charge is 0.226 e. The van der Waals surface area contributed by atoms with Crippen molar-refractivity contribution in [1.29, 1.82) is 0 Å². The summed E-state index contributed by atoms with van der Waals surface area (Å²) in [6.45, 7) is 2.72. The zero-order valence-corrected chi connectivity index (χ0v) is 15.9. The zero-order chi connectivity index (χ0) is 18.0. The molecule has 0 atom stereocenters. The number of hydrogen-bond donors (Lipinski definition) is 2. The maximum atomic E-state index is 12.8. The van der Waals surface area contributed by atoms with Crippen LogP contribution in [0.3, 0.4) is 0 Å². The lowest BCUT2D eigenvalue weighted by atomic mass is 9.49. The molecule has 26 heavy (non-hydrogen) atoms. The van der Waals surface area contributed by atoms with E-state index in [0.29, 0.717) is 19.5 Å². The number of amides is 2. The summed E-state index contributed by atoms with van der Waals surface area (Å²) in [5.41, 5.74) is -0.107. The van der Waals surface area contributed by atoms with E-state index >= 15 is 0 Å². The fourth-order valence-corrected chi connectivity index (χ4v) is 5.89. The van der Waals surface area contributed by atoms with E-state index in [4.69, 9.17) is 4.74 Å². The quantitative estimate of drug-likeness (QED) is 0.587. The molecule has 0 aliphatic heterocycles. The molecule has 0 unspecified atom stereocenters. The van der Waals surface area contributed by atoms with Crippen LogP contribution in [-0.2, 0) is 14.3 Å². The highest BCUT2D eigenvalue weighted by atomic mass is 16.5. The summed E-state index contributed by atoms with van der Waals surface area (Å²) in [6.07, 6.45) is 11.1. The van der Waals surface area contributed by atoms with Crippen molar-refractivity contribution in [2.75, 3.05) is 26.3 Å². The topological polar surface area (TPSA) is 67.4 Å². The predicted molar refractivity (Wildman–Crippen MR) is 99.4 cm³/mol.